The van der Waals surface area contributed by atoms with Crippen LogP contribution in [0.25, 0.3) is 33.4 Å². The van der Waals surface area contributed by atoms with Crippen LogP contribution in [-0.4, -0.2) is 33.1 Å². The van der Waals surface area contributed by atoms with E-state index >= 15 is 0 Å². The molecular formula is C20H18N4O2. The third-order valence-electron chi connectivity index (χ3n) is 4.85. The molecular weight excluding hydrogens is 328 g/mol. The lowest BCUT2D eigenvalue weighted by Gasteiger charge is -2.16. The van der Waals surface area contributed by atoms with Crippen LogP contribution in [0.15, 0.2) is 40.8 Å². The highest BCUT2D eigenvalue weighted by Crippen LogP contribution is 2.33. The van der Waals surface area contributed by atoms with Crippen molar-refractivity contribution in [1.82, 2.24) is 15.0 Å². The van der Waals surface area contributed by atoms with Gasteiger partial charge in [-0.25, -0.2) is 15.0 Å². The van der Waals surface area contributed by atoms with Gasteiger partial charge in [-0.3, -0.25) is 0 Å². The first-order valence-corrected chi connectivity index (χ1v) is 8.81. The first kappa shape index (κ1) is 15.1. The average Bonchev–Trinajstić information content (AvgIpc) is 3.29. The van der Waals surface area contributed by atoms with Gasteiger partial charge in [-0.05, 0) is 43.2 Å². The zero-order valence-corrected chi connectivity index (χ0v) is 14.4. The Balaban J connectivity index is 1.59. The lowest BCUT2D eigenvalue weighted by molar-refractivity contribution is 0.477. The predicted molar refractivity (Wildman–Crippen MR) is 100 cm³/mol. The zero-order chi connectivity index (χ0) is 17.7. The van der Waals surface area contributed by atoms with Crippen LogP contribution < -0.4 is 4.90 Å². The van der Waals surface area contributed by atoms with Gasteiger partial charge in [0.05, 0.1) is 16.7 Å². The Kier molecular flexibility index (Phi) is 3.31. The van der Waals surface area contributed by atoms with E-state index in [2.05, 4.69) is 14.9 Å². The van der Waals surface area contributed by atoms with Gasteiger partial charge in [0.15, 0.2) is 11.5 Å². The molecule has 1 fully saturated rings. The largest absolute Gasteiger partial charge is 0.507 e. The first-order chi connectivity index (χ1) is 12.7. The second-order valence-electron chi connectivity index (χ2n) is 6.67. The summed E-state index contributed by atoms with van der Waals surface area (Å²) in [4.78, 5) is 16.0. The average molecular weight is 346 g/mol. The second-order valence-corrected chi connectivity index (χ2v) is 6.67. The van der Waals surface area contributed by atoms with E-state index in [9.17, 15) is 5.11 Å². The molecule has 5 rings (SSSR count). The summed E-state index contributed by atoms with van der Waals surface area (Å²) in [6.07, 6.45) is 2.44. The van der Waals surface area contributed by atoms with E-state index in [4.69, 9.17) is 9.40 Å². The van der Waals surface area contributed by atoms with Crippen LogP contribution in [0.3, 0.4) is 0 Å². The van der Waals surface area contributed by atoms with Gasteiger partial charge in [-0.15, -0.1) is 0 Å². The van der Waals surface area contributed by atoms with Gasteiger partial charge >= 0.3 is 0 Å². The summed E-state index contributed by atoms with van der Waals surface area (Å²) in [5.41, 5.74) is 4.25. The lowest BCUT2D eigenvalue weighted by atomic mass is 10.1. The summed E-state index contributed by atoms with van der Waals surface area (Å²) >= 11 is 0. The van der Waals surface area contributed by atoms with Crippen LogP contribution in [0.5, 0.6) is 5.75 Å². The van der Waals surface area contributed by atoms with Gasteiger partial charge in [-0.2, -0.15) is 0 Å². The summed E-state index contributed by atoms with van der Waals surface area (Å²) in [5, 5.41) is 10.4. The number of fused-ring (bicyclic) bond motifs is 2. The summed E-state index contributed by atoms with van der Waals surface area (Å²) in [6, 6.07) is 11.2. The minimum Gasteiger partial charge on any atom is -0.507 e. The fourth-order valence-electron chi connectivity index (χ4n) is 3.55. The number of anilines is 1. The smallest absolute Gasteiger partial charge is 0.192 e. The number of hydrogen-bond donors (Lipinski definition) is 1. The van der Waals surface area contributed by atoms with Crippen LogP contribution in [0.1, 0.15) is 18.7 Å². The highest BCUT2D eigenvalue weighted by molar-refractivity contribution is 5.86. The van der Waals surface area contributed by atoms with Crippen molar-refractivity contribution in [2.24, 2.45) is 0 Å². The Labute approximate surface area is 150 Å². The van der Waals surface area contributed by atoms with E-state index < -0.39 is 0 Å². The Bertz CT molecular complexity index is 1130. The van der Waals surface area contributed by atoms with Crippen LogP contribution >= 0.6 is 0 Å². The Morgan fingerprint density at radius 3 is 2.54 bits per heavy atom. The number of hydrogen-bond acceptors (Lipinski definition) is 6. The number of nitrogens with zero attached hydrogens (tertiary/aromatic N) is 4. The molecule has 26 heavy (non-hydrogen) atoms. The van der Waals surface area contributed by atoms with Gasteiger partial charge in [0.25, 0.3) is 0 Å². The molecule has 6 heteroatoms. The van der Waals surface area contributed by atoms with Crippen molar-refractivity contribution in [2.45, 2.75) is 19.8 Å². The third-order valence-corrected chi connectivity index (χ3v) is 4.85. The van der Waals surface area contributed by atoms with Gasteiger partial charge in [0.2, 0.25) is 0 Å². The molecule has 4 heterocycles. The lowest BCUT2D eigenvalue weighted by Crippen LogP contribution is -2.18. The van der Waals surface area contributed by atoms with E-state index in [1.807, 2.05) is 24.3 Å². The van der Waals surface area contributed by atoms with Gasteiger partial charge in [-0.1, -0.05) is 0 Å². The molecule has 1 N–H and O–H groups in total. The fourth-order valence-corrected chi connectivity index (χ4v) is 3.55. The number of aromatic hydroxyl groups is 1. The second kappa shape index (κ2) is 5.69. The number of aromatic nitrogens is 3. The topological polar surface area (TPSA) is 75.3 Å². The van der Waals surface area contributed by atoms with Crippen molar-refractivity contribution < 1.29 is 9.52 Å². The Morgan fingerprint density at radius 1 is 0.923 bits per heavy atom. The molecule has 0 unspecified atom stereocenters. The highest BCUT2D eigenvalue weighted by atomic mass is 16.3. The normalized spacial score (nSPS) is 14.6. The minimum atomic E-state index is 0.138. The van der Waals surface area contributed by atoms with Crippen LogP contribution in [0, 0.1) is 6.92 Å². The Morgan fingerprint density at radius 2 is 1.69 bits per heavy atom. The Hall–Kier alpha value is -3.15. The molecule has 6 nitrogen and oxygen atoms in total. The van der Waals surface area contributed by atoms with Gasteiger partial charge < -0.3 is 14.4 Å². The molecule has 0 amide bonds. The summed E-state index contributed by atoms with van der Waals surface area (Å²) in [5.74, 6) is 1.71. The summed E-state index contributed by atoms with van der Waals surface area (Å²) in [6.45, 7) is 3.91. The molecule has 1 saturated heterocycles. The zero-order valence-electron chi connectivity index (χ0n) is 14.4. The molecule has 0 bridgehead atoms. The van der Waals surface area contributed by atoms with Crippen LogP contribution in [0.4, 0.5) is 5.82 Å². The van der Waals surface area contributed by atoms with E-state index in [0.29, 0.717) is 28.2 Å². The highest BCUT2D eigenvalue weighted by Gasteiger charge is 2.15. The van der Waals surface area contributed by atoms with Crippen molar-refractivity contribution in [2.75, 3.05) is 18.0 Å². The van der Waals surface area contributed by atoms with Crippen LogP contribution in [-0.2, 0) is 0 Å². The SMILES string of the molecule is Cc1nc2cc(O)c(-c3ccc4nc(N5CCCC5)ccc4n3)cc2o1. The number of benzene rings is 1. The van der Waals surface area contributed by atoms with Crippen LogP contribution in [0.2, 0.25) is 0 Å². The van der Waals surface area contributed by atoms with Crippen molar-refractivity contribution in [3.63, 3.8) is 0 Å². The molecule has 4 aromatic rings. The quantitative estimate of drug-likeness (QED) is 0.590. The number of aryl methyl sites for hydroxylation is 1. The molecule has 1 aliphatic rings. The number of phenolic OH excluding ortho intramolecular Hbond substituents is 1. The van der Waals surface area contributed by atoms with E-state index in [1.165, 1.54) is 12.8 Å². The van der Waals surface area contributed by atoms with E-state index in [1.54, 1.807) is 19.1 Å². The third kappa shape index (κ3) is 2.45. The van der Waals surface area contributed by atoms with Gasteiger partial charge in [0, 0.05) is 31.6 Å². The molecule has 130 valence electrons. The van der Waals surface area contributed by atoms with Crippen molar-refractivity contribution in [1.29, 1.82) is 0 Å². The molecule has 0 aliphatic carbocycles. The van der Waals surface area contributed by atoms with E-state index in [-0.39, 0.29) is 5.75 Å². The predicted octanol–water partition coefficient (Wildman–Crippen LogP) is 4.05. The molecule has 0 saturated carbocycles. The summed E-state index contributed by atoms with van der Waals surface area (Å²) < 4.78 is 5.58. The number of oxazole rings is 1. The molecule has 1 aromatic carbocycles. The molecule has 0 atom stereocenters. The maximum Gasteiger partial charge on any atom is 0.192 e. The molecule has 3 aromatic heterocycles. The molecule has 0 radical (unpaired) electrons. The number of pyridine rings is 2. The molecule has 1 aliphatic heterocycles. The number of phenols is 1. The minimum absolute atomic E-state index is 0.138. The van der Waals surface area contributed by atoms with E-state index in [0.717, 1.165) is 29.9 Å². The maximum atomic E-state index is 10.4. The van der Waals surface area contributed by atoms with Crippen molar-refractivity contribution in [3.05, 3.63) is 42.3 Å². The van der Waals surface area contributed by atoms with Gasteiger partial charge in [0.1, 0.15) is 17.1 Å². The maximum absolute atomic E-state index is 10.4. The standard InChI is InChI=1S/C20H18N4O2/c1-12-21-17-11-18(25)13(10-19(17)26-12)14-4-5-16-15(22-14)6-7-20(23-16)24-8-2-3-9-24/h4-7,10-11,25H,2-3,8-9H2,1H3. The van der Waals surface area contributed by atoms with Crippen molar-refractivity contribution >= 4 is 28.0 Å². The first-order valence-electron chi connectivity index (χ1n) is 8.81. The monoisotopic (exact) mass is 346 g/mol. The fraction of sp³-hybridized carbons (Fsp3) is 0.250. The summed E-state index contributed by atoms with van der Waals surface area (Å²) in [7, 11) is 0. The molecule has 0 spiro atoms. The number of rotatable bonds is 2. The van der Waals surface area contributed by atoms with Crippen molar-refractivity contribution in [3.8, 4) is 17.0 Å².